The van der Waals surface area contributed by atoms with E-state index in [-0.39, 0.29) is 12.1 Å². The highest BCUT2D eigenvalue weighted by molar-refractivity contribution is 5.91. The Kier molecular flexibility index (Phi) is 4.51. The van der Waals surface area contributed by atoms with Crippen molar-refractivity contribution in [2.75, 3.05) is 5.32 Å². The van der Waals surface area contributed by atoms with Crippen LogP contribution in [0.3, 0.4) is 0 Å². The average molecular weight is 236 g/mol. The first-order valence-corrected chi connectivity index (χ1v) is 5.40. The summed E-state index contributed by atoms with van der Waals surface area (Å²) in [5.74, 6) is -0.370. The van der Waals surface area contributed by atoms with Gasteiger partial charge in [-0.1, -0.05) is 6.92 Å². The summed E-state index contributed by atoms with van der Waals surface area (Å²) in [5.41, 5.74) is 5.95. The Morgan fingerprint density at radius 1 is 1.35 bits per heavy atom. The fourth-order valence-electron chi connectivity index (χ4n) is 1.17. The fraction of sp³-hybridized carbons (Fsp3) is 0.333. The molecule has 0 bridgehead atoms. The molecular weight excluding hydrogens is 220 g/mol. The van der Waals surface area contributed by atoms with Crippen molar-refractivity contribution < 1.29 is 14.3 Å². The number of benzene rings is 1. The quantitative estimate of drug-likeness (QED) is 0.786. The van der Waals surface area contributed by atoms with Crippen LogP contribution in [0.5, 0.6) is 0 Å². The molecule has 1 unspecified atom stereocenters. The first kappa shape index (κ1) is 13.0. The van der Waals surface area contributed by atoms with E-state index in [4.69, 9.17) is 10.5 Å². The Balaban J connectivity index is 2.67. The molecule has 1 atom stereocenters. The van der Waals surface area contributed by atoms with E-state index in [1.807, 2.05) is 13.8 Å². The standard InChI is InChI=1S/C12H16N2O3/c1-3-8(2)17-11(15)9-4-6-10(7-5-9)14-12(13)16/h4-8H,3H2,1-2H3,(H3,13,14,16). The van der Waals surface area contributed by atoms with Crippen molar-refractivity contribution in [3.05, 3.63) is 29.8 Å². The Hall–Kier alpha value is -2.04. The Bertz CT molecular complexity index is 401. The van der Waals surface area contributed by atoms with Gasteiger partial charge in [0.05, 0.1) is 11.7 Å². The number of amides is 2. The molecule has 17 heavy (non-hydrogen) atoms. The summed E-state index contributed by atoms with van der Waals surface area (Å²) in [7, 11) is 0. The molecular formula is C12H16N2O3. The smallest absolute Gasteiger partial charge is 0.338 e. The van der Waals surface area contributed by atoms with E-state index in [9.17, 15) is 9.59 Å². The van der Waals surface area contributed by atoms with Crippen molar-refractivity contribution >= 4 is 17.7 Å². The highest BCUT2D eigenvalue weighted by Gasteiger charge is 2.10. The summed E-state index contributed by atoms with van der Waals surface area (Å²) in [6, 6.07) is 5.71. The third kappa shape index (κ3) is 4.14. The number of nitrogens with one attached hydrogen (secondary N) is 1. The zero-order valence-corrected chi connectivity index (χ0v) is 9.90. The molecule has 0 radical (unpaired) electrons. The van der Waals surface area contributed by atoms with Crippen LogP contribution in [0.1, 0.15) is 30.6 Å². The van der Waals surface area contributed by atoms with Crippen LogP contribution >= 0.6 is 0 Å². The first-order valence-electron chi connectivity index (χ1n) is 5.40. The van der Waals surface area contributed by atoms with Crippen molar-refractivity contribution in [3.8, 4) is 0 Å². The van der Waals surface area contributed by atoms with Gasteiger partial charge in [-0.2, -0.15) is 0 Å². The van der Waals surface area contributed by atoms with Gasteiger partial charge in [-0.15, -0.1) is 0 Å². The molecule has 0 aliphatic rings. The molecule has 0 saturated carbocycles. The van der Waals surface area contributed by atoms with Gasteiger partial charge in [0.1, 0.15) is 0 Å². The van der Waals surface area contributed by atoms with Crippen LogP contribution in [0.15, 0.2) is 24.3 Å². The van der Waals surface area contributed by atoms with Crippen molar-refractivity contribution in [2.24, 2.45) is 5.73 Å². The number of carbonyl (C=O) groups is 2. The second-order valence-electron chi connectivity index (χ2n) is 3.69. The zero-order valence-electron chi connectivity index (χ0n) is 9.90. The molecule has 0 heterocycles. The minimum atomic E-state index is -0.639. The molecule has 0 aliphatic carbocycles. The van der Waals surface area contributed by atoms with Crippen LogP contribution in [0, 0.1) is 0 Å². The van der Waals surface area contributed by atoms with Gasteiger partial charge in [-0.05, 0) is 37.6 Å². The van der Waals surface area contributed by atoms with Crippen LogP contribution in [-0.2, 0) is 4.74 Å². The summed E-state index contributed by atoms with van der Waals surface area (Å²) >= 11 is 0. The first-order chi connectivity index (χ1) is 8.02. The maximum atomic E-state index is 11.6. The molecule has 1 aromatic carbocycles. The van der Waals surface area contributed by atoms with Crippen LogP contribution < -0.4 is 11.1 Å². The number of rotatable bonds is 4. The zero-order chi connectivity index (χ0) is 12.8. The molecule has 0 spiro atoms. The second-order valence-corrected chi connectivity index (χ2v) is 3.69. The number of ether oxygens (including phenoxy) is 1. The predicted octanol–water partition coefficient (Wildman–Crippen LogP) is 2.13. The molecule has 0 fully saturated rings. The fourth-order valence-corrected chi connectivity index (χ4v) is 1.17. The van der Waals surface area contributed by atoms with E-state index in [1.54, 1.807) is 24.3 Å². The van der Waals surface area contributed by atoms with Gasteiger partial charge >= 0.3 is 12.0 Å². The van der Waals surface area contributed by atoms with Gasteiger partial charge < -0.3 is 15.8 Å². The predicted molar refractivity (Wildman–Crippen MR) is 64.8 cm³/mol. The molecule has 0 aliphatic heterocycles. The van der Waals surface area contributed by atoms with Crippen LogP contribution in [0.25, 0.3) is 0 Å². The van der Waals surface area contributed by atoms with Crippen molar-refractivity contribution in [1.29, 1.82) is 0 Å². The van der Waals surface area contributed by atoms with Crippen LogP contribution in [-0.4, -0.2) is 18.1 Å². The van der Waals surface area contributed by atoms with Crippen molar-refractivity contribution in [2.45, 2.75) is 26.4 Å². The Morgan fingerprint density at radius 3 is 2.41 bits per heavy atom. The van der Waals surface area contributed by atoms with Gasteiger partial charge in [0.25, 0.3) is 0 Å². The number of anilines is 1. The summed E-state index contributed by atoms with van der Waals surface area (Å²) in [6.45, 7) is 3.78. The number of urea groups is 1. The molecule has 0 saturated heterocycles. The lowest BCUT2D eigenvalue weighted by Gasteiger charge is -2.10. The van der Waals surface area contributed by atoms with Gasteiger partial charge in [-0.3, -0.25) is 0 Å². The van der Waals surface area contributed by atoms with E-state index < -0.39 is 6.03 Å². The number of esters is 1. The van der Waals surface area contributed by atoms with E-state index in [2.05, 4.69) is 5.32 Å². The highest BCUT2D eigenvalue weighted by atomic mass is 16.5. The lowest BCUT2D eigenvalue weighted by Crippen LogP contribution is -2.19. The van der Waals surface area contributed by atoms with Gasteiger partial charge in [0, 0.05) is 5.69 Å². The third-order valence-electron chi connectivity index (χ3n) is 2.27. The summed E-state index contributed by atoms with van der Waals surface area (Å²) in [4.78, 5) is 22.2. The van der Waals surface area contributed by atoms with Gasteiger partial charge in [-0.25, -0.2) is 9.59 Å². The molecule has 92 valence electrons. The monoisotopic (exact) mass is 236 g/mol. The largest absolute Gasteiger partial charge is 0.459 e. The van der Waals surface area contributed by atoms with E-state index in [0.29, 0.717) is 11.3 Å². The lowest BCUT2D eigenvalue weighted by atomic mass is 10.2. The molecule has 3 N–H and O–H groups in total. The average Bonchev–Trinajstić information content (AvgIpc) is 2.28. The maximum absolute atomic E-state index is 11.6. The van der Waals surface area contributed by atoms with Crippen LogP contribution in [0.2, 0.25) is 0 Å². The highest BCUT2D eigenvalue weighted by Crippen LogP contribution is 2.11. The molecule has 5 nitrogen and oxygen atoms in total. The van der Waals surface area contributed by atoms with E-state index >= 15 is 0 Å². The number of hydrogen-bond acceptors (Lipinski definition) is 3. The number of primary amides is 1. The van der Waals surface area contributed by atoms with Gasteiger partial charge in [0.2, 0.25) is 0 Å². The SMILES string of the molecule is CCC(C)OC(=O)c1ccc(NC(N)=O)cc1. The summed E-state index contributed by atoms with van der Waals surface area (Å²) < 4.78 is 5.16. The van der Waals surface area contributed by atoms with E-state index in [1.165, 1.54) is 0 Å². The Labute approximate surface area is 99.9 Å². The number of carbonyl (C=O) groups excluding carboxylic acids is 2. The topological polar surface area (TPSA) is 81.4 Å². The molecule has 2 amide bonds. The third-order valence-corrected chi connectivity index (χ3v) is 2.27. The molecule has 1 rings (SSSR count). The summed E-state index contributed by atoms with van der Waals surface area (Å²) in [6.07, 6.45) is 0.665. The van der Waals surface area contributed by atoms with E-state index in [0.717, 1.165) is 6.42 Å². The summed E-state index contributed by atoms with van der Waals surface area (Å²) in [5, 5.41) is 2.41. The normalized spacial score (nSPS) is 11.6. The van der Waals surface area contributed by atoms with Gasteiger partial charge in [0.15, 0.2) is 0 Å². The van der Waals surface area contributed by atoms with Crippen LogP contribution in [0.4, 0.5) is 10.5 Å². The Morgan fingerprint density at radius 2 is 1.94 bits per heavy atom. The van der Waals surface area contributed by atoms with Crippen molar-refractivity contribution in [1.82, 2.24) is 0 Å². The molecule has 0 aromatic heterocycles. The minimum Gasteiger partial charge on any atom is -0.459 e. The second kappa shape index (κ2) is 5.89. The number of nitrogens with two attached hydrogens (primary N) is 1. The van der Waals surface area contributed by atoms with Crippen molar-refractivity contribution in [3.63, 3.8) is 0 Å². The molecule has 1 aromatic rings. The number of hydrogen-bond donors (Lipinski definition) is 2. The minimum absolute atomic E-state index is 0.106. The molecule has 5 heteroatoms. The lowest BCUT2D eigenvalue weighted by molar-refractivity contribution is 0.0334. The maximum Gasteiger partial charge on any atom is 0.338 e.